The van der Waals surface area contributed by atoms with Crippen LogP contribution in [0.1, 0.15) is 27.7 Å². The summed E-state index contributed by atoms with van der Waals surface area (Å²) < 4.78 is 57.2. The Morgan fingerprint density at radius 3 is 1.22 bits per heavy atom. The van der Waals surface area contributed by atoms with Crippen LogP contribution in [0.15, 0.2) is 36.4 Å². The van der Waals surface area contributed by atoms with Gasteiger partial charge in [-0.3, -0.25) is 18.1 Å². The van der Waals surface area contributed by atoms with E-state index in [0.717, 1.165) is 0 Å². The average Bonchev–Trinajstić information content (AvgIpc) is 2.72. The van der Waals surface area contributed by atoms with Crippen molar-refractivity contribution >= 4 is 27.0 Å². The van der Waals surface area contributed by atoms with Crippen molar-refractivity contribution in [3.05, 3.63) is 36.4 Å². The Hall–Kier alpha value is -2.06. The minimum absolute atomic E-state index is 0.126. The van der Waals surface area contributed by atoms with E-state index in [1.165, 1.54) is 0 Å². The highest BCUT2D eigenvalue weighted by molar-refractivity contribution is 7.49. The molecule has 2 aromatic rings. The highest BCUT2D eigenvalue weighted by Gasteiger charge is 2.29. The minimum atomic E-state index is -3.83. The van der Waals surface area contributed by atoms with Crippen LogP contribution in [0.2, 0.25) is 0 Å². The molecule has 0 atom stereocenters. The van der Waals surface area contributed by atoms with E-state index in [1.54, 1.807) is 64.1 Å². The van der Waals surface area contributed by atoms with Crippen LogP contribution in [0.3, 0.4) is 0 Å². The summed E-state index contributed by atoms with van der Waals surface area (Å²) in [6, 6.07) is 9.81. The van der Waals surface area contributed by atoms with Gasteiger partial charge in [0.1, 0.15) is 0 Å². The first-order valence-electron chi connectivity index (χ1n) is 10.2. The lowest BCUT2D eigenvalue weighted by molar-refractivity contribution is 0.166. The summed E-state index contributed by atoms with van der Waals surface area (Å²) in [6.07, 6.45) is 0. The lowest BCUT2D eigenvalue weighted by Gasteiger charge is -2.20. The maximum atomic E-state index is 12.7. The quantitative estimate of drug-likeness (QED) is 0.269. The maximum absolute atomic E-state index is 12.7. The van der Waals surface area contributed by atoms with Crippen LogP contribution in [0, 0.1) is 0 Å². The predicted octanol–water partition coefficient (Wildman–Crippen LogP) is 5.64. The SMILES string of the molecule is CCOP(=O)(OCC)Oc1cc(-c2ccc(N)c(OP(=O)(OCC)OCC)c2)ccc1N. The summed E-state index contributed by atoms with van der Waals surface area (Å²) in [4.78, 5) is 0. The first kappa shape index (κ1) is 26.2. The zero-order chi connectivity index (χ0) is 23.8. The van der Waals surface area contributed by atoms with Gasteiger partial charge in [0.15, 0.2) is 11.5 Å². The molecule has 0 unspecified atom stereocenters. The van der Waals surface area contributed by atoms with Crippen LogP contribution in [0.25, 0.3) is 11.1 Å². The van der Waals surface area contributed by atoms with Crippen molar-refractivity contribution in [2.24, 2.45) is 0 Å². The molecule has 0 saturated heterocycles. The van der Waals surface area contributed by atoms with Crippen molar-refractivity contribution < 1.29 is 36.3 Å². The van der Waals surface area contributed by atoms with E-state index in [0.29, 0.717) is 11.1 Å². The predicted molar refractivity (Wildman–Crippen MR) is 124 cm³/mol. The fourth-order valence-corrected chi connectivity index (χ4v) is 5.06. The van der Waals surface area contributed by atoms with Gasteiger partial charge in [-0.15, -0.1) is 0 Å². The molecule has 0 aromatic heterocycles. The topological polar surface area (TPSA) is 142 Å². The summed E-state index contributed by atoms with van der Waals surface area (Å²) in [5.74, 6) is 0.252. The lowest BCUT2D eigenvalue weighted by Crippen LogP contribution is -2.04. The second-order valence-corrected chi connectivity index (χ2v) is 9.44. The van der Waals surface area contributed by atoms with Crippen molar-refractivity contribution in [1.82, 2.24) is 0 Å². The van der Waals surface area contributed by atoms with Gasteiger partial charge in [-0.25, -0.2) is 9.13 Å². The number of phosphoric ester groups is 2. The number of hydrogen-bond donors (Lipinski definition) is 2. The fourth-order valence-electron chi connectivity index (χ4n) is 2.64. The van der Waals surface area contributed by atoms with Crippen LogP contribution in [-0.2, 0) is 27.2 Å². The third-order valence-corrected chi connectivity index (χ3v) is 7.07. The Bertz CT molecular complexity index is 902. The molecule has 0 spiro atoms. The number of nitrogens with two attached hydrogens (primary N) is 2. The van der Waals surface area contributed by atoms with Crippen LogP contribution in [0.4, 0.5) is 11.4 Å². The van der Waals surface area contributed by atoms with Crippen molar-refractivity contribution in [2.45, 2.75) is 27.7 Å². The van der Waals surface area contributed by atoms with Gasteiger partial charge in [0, 0.05) is 0 Å². The summed E-state index contributed by atoms with van der Waals surface area (Å²) in [5, 5.41) is 0. The molecule has 32 heavy (non-hydrogen) atoms. The van der Waals surface area contributed by atoms with E-state index in [2.05, 4.69) is 0 Å². The third kappa shape index (κ3) is 6.97. The van der Waals surface area contributed by atoms with Crippen molar-refractivity contribution in [2.75, 3.05) is 37.9 Å². The second kappa shape index (κ2) is 11.7. The minimum Gasteiger partial charge on any atom is -0.402 e. The molecule has 12 heteroatoms. The van der Waals surface area contributed by atoms with Gasteiger partial charge in [0.2, 0.25) is 0 Å². The van der Waals surface area contributed by atoms with E-state index >= 15 is 0 Å². The van der Waals surface area contributed by atoms with E-state index in [1.807, 2.05) is 0 Å². The van der Waals surface area contributed by atoms with E-state index in [-0.39, 0.29) is 49.3 Å². The van der Waals surface area contributed by atoms with E-state index in [9.17, 15) is 9.13 Å². The van der Waals surface area contributed by atoms with Gasteiger partial charge < -0.3 is 20.5 Å². The molecule has 0 bridgehead atoms. The summed E-state index contributed by atoms with van der Waals surface area (Å²) in [5.41, 5.74) is 13.8. The number of phosphoric acid groups is 2. The Kier molecular flexibility index (Phi) is 9.58. The summed E-state index contributed by atoms with van der Waals surface area (Å²) >= 11 is 0. The van der Waals surface area contributed by atoms with Gasteiger partial charge in [-0.1, -0.05) is 12.1 Å². The molecule has 2 rings (SSSR count). The monoisotopic (exact) mass is 488 g/mol. The highest BCUT2D eigenvalue weighted by Crippen LogP contribution is 2.52. The number of hydrogen-bond acceptors (Lipinski definition) is 10. The standard InChI is InChI=1S/C20H30N2O8P2/c1-5-25-31(23,26-6-2)29-19-13-15(9-11-17(19)21)16-10-12-18(22)20(14-16)30-32(24,27-7-3)28-8-4/h9-14H,5-8,21-22H2,1-4H3. The van der Waals surface area contributed by atoms with Gasteiger partial charge in [0.05, 0.1) is 37.8 Å². The Balaban J connectivity index is 2.40. The number of nitrogen functional groups attached to an aromatic ring is 2. The molecule has 0 heterocycles. The van der Waals surface area contributed by atoms with Crippen LogP contribution < -0.4 is 20.5 Å². The summed E-state index contributed by atoms with van der Waals surface area (Å²) in [7, 11) is -7.67. The molecule has 0 aliphatic heterocycles. The molecule has 178 valence electrons. The van der Waals surface area contributed by atoms with Gasteiger partial charge in [-0.05, 0) is 63.1 Å². The van der Waals surface area contributed by atoms with E-state index in [4.69, 9.17) is 38.6 Å². The molecular formula is C20H30N2O8P2. The summed E-state index contributed by atoms with van der Waals surface area (Å²) in [6.45, 7) is 7.23. The van der Waals surface area contributed by atoms with Gasteiger partial charge in [-0.2, -0.15) is 0 Å². The molecule has 0 aliphatic rings. The molecule has 0 fully saturated rings. The van der Waals surface area contributed by atoms with Gasteiger partial charge in [0.25, 0.3) is 0 Å². The zero-order valence-corrected chi connectivity index (χ0v) is 20.4. The molecule has 0 radical (unpaired) electrons. The molecule has 10 nitrogen and oxygen atoms in total. The molecule has 0 aliphatic carbocycles. The molecule has 2 aromatic carbocycles. The lowest BCUT2D eigenvalue weighted by atomic mass is 10.0. The number of anilines is 2. The first-order chi connectivity index (χ1) is 15.2. The molecular weight excluding hydrogens is 458 g/mol. The largest absolute Gasteiger partial charge is 0.530 e. The Morgan fingerprint density at radius 1 is 0.625 bits per heavy atom. The van der Waals surface area contributed by atoms with Crippen LogP contribution >= 0.6 is 15.6 Å². The van der Waals surface area contributed by atoms with Crippen LogP contribution in [-0.4, -0.2) is 26.4 Å². The molecule has 0 amide bonds. The highest BCUT2D eigenvalue weighted by atomic mass is 31.2. The number of benzene rings is 2. The smallest absolute Gasteiger partial charge is 0.402 e. The Labute approximate surface area is 188 Å². The molecule has 4 N–H and O–H groups in total. The number of rotatable bonds is 13. The second-order valence-electron chi connectivity index (χ2n) is 6.25. The van der Waals surface area contributed by atoms with Crippen LogP contribution in [0.5, 0.6) is 11.5 Å². The molecule has 0 saturated carbocycles. The zero-order valence-electron chi connectivity index (χ0n) is 18.6. The first-order valence-corrected chi connectivity index (χ1v) is 13.1. The van der Waals surface area contributed by atoms with E-state index < -0.39 is 15.6 Å². The van der Waals surface area contributed by atoms with Crippen molar-refractivity contribution in [1.29, 1.82) is 0 Å². The third-order valence-electron chi connectivity index (χ3n) is 3.93. The average molecular weight is 488 g/mol. The maximum Gasteiger partial charge on any atom is 0.530 e. The van der Waals surface area contributed by atoms with Gasteiger partial charge >= 0.3 is 15.6 Å². The van der Waals surface area contributed by atoms with Crippen molar-refractivity contribution in [3.8, 4) is 22.6 Å². The Morgan fingerprint density at radius 2 is 0.938 bits per heavy atom. The fraction of sp³-hybridized carbons (Fsp3) is 0.400. The normalized spacial score (nSPS) is 12.0. The van der Waals surface area contributed by atoms with Crippen molar-refractivity contribution in [3.63, 3.8) is 0 Å².